The van der Waals surface area contributed by atoms with E-state index in [1.54, 1.807) is 64.0 Å². The number of alkyl halides is 6. The van der Waals surface area contributed by atoms with Crippen molar-refractivity contribution < 1.29 is 69.6 Å². The number of carboxylic acids is 1. The van der Waals surface area contributed by atoms with Crippen LogP contribution in [0.5, 0.6) is 0 Å². The van der Waals surface area contributed by atoms with Crippen molar-refractivity contribution in [1.29, 1.82) is 0 Å². The van der Waals surface area contributed by atoms with Gasteiger partial charge < -0.3 is 35.1 Å². The lowest BCUT2D eigenvalue weighted by molar-refractivity contribution is -0.138. The van der Waals surface area contributed by atoms with E-state index in [9.17, 15) is 50.6 Å². The first-order valence-corrected chi connectivity index (χ1v) is 26.9. The van der Waals surface area contributed by atoms with Crippen molar-refractivity contribution in [3.8, 4) is 0 Å². The van der Waals surface area contributed by atoms with Gasteiger partial charge in [0.1, 0.15) is 0 Å². The Balaban J connectivity index is 0.000000185. The quantitative estimate of drug-likeness (QED) is 0.0730. The van der Waals surface area contributed by atoms with Crippen molar-refractivity contribution in [2.75, 3.05) is 27.4 Å². The molecule has 0 aliphatic carbocycles. The Morgan fingerprint density at radius 2 is 1.01 bits per heavy atom. The maximum Gasteiger partial charge on any atom is 0.416 e. The van der Waals surface area contributed by atoms with Crippen molar-refractivity contribution in [3.05, 3.63) is 200 Å². The fourth-order valence-corrected chi connectivity index (χ4v) is 9.88. The summed E-state index contributed by atoms with van der Waals surface area (Å²) in [6.45, 7) is 4.92. The first-order valence-electron chi connectivity index (χ1n) is 26.9. The predicted molar refractivity (Wildman–Crippen MR) is 297 cm³/mol. The van der Waals surface area contributed by atoms with Crippen molar-refractivity contribution in [2.24, 2.45) is 5.73 Å². The molecule has 83 heavy (non-hydrogen) atoms. The van der Waals surface area contributed by atoms with Crippen LogP contribution in [0.4, 0.5) is 26.3 Å². The maximum absolute atomic E-state index is 13.7. The number of aromatic nitrogens is 4. The Kier molecular flexibility index (Phi) is 19.5. The Morgan fingerprint density at radius 3 is 1.39 bits per heavy atom. The second kappa shape index (κ2) is 26.7. The number of hydrogen-bond donors (Lipinski definition) is 3. The fourth-order valence-electron chi connectivity index (χ4n) is 9.88. The number of hydrogen-bond acceptors (Lipinski definition) is 11. The lowest BCUT2D eigenvalue weighted by Gasteiger charge is -2.23. The molecule has 0 spiro atoms. The number of amides is 1. The van der Waals surface area contributed by atoms with Crippen LogP contribution in [0.1, 0.15) is 163 Å². The zero-order valence-electron chi connectivity index (χ0n) is 45.9. The number of halogens is 6. The number of aromatic carboxylic acids is 1. The lowest BCUT2D eigenvalue weighted by atomic mass is 9.98. The van der Waals surface area contributed by atoms with E-state index in [-0.39, 0.29) is 35.9 Å². The lowest BCUT2D eigenvalue weighted by Crippen LogP contribution is -2.28. The summed E-state index contributed by atoms with van der Waals surface area (Å²) in [6.07, 6.45) is -3.48. The van der Waals surface area contributed by atoms with Gasteiger partial charge in [-0.1, -0.05) is 72.8 Å². The second-order valence-corrected chi connectivity index (χ2v) is 20.1. The molecule has 0 saturated carbocycles. The van der Waals surface area contributed by atoms with E-state index in [1.165, 1.54) is 38.5 Å². The molecular weight excluding hydrogens is 1090 g/mol. The SMILES string of the molecule is COC(=O)c1ccc([C@H](C)N)cc1.COC(=O)c1ccc([C@H](C)NC(=O)c2nn(C3CCCCO3)c3cccc(Cc4ccc(C(F)(F)F)cc4)c23)cc1.O=C(O)c1nn(C2CCCCO2)c2cccc(Cc3ccc(C(F)(F)F)cc3)c12. The second-order valence-electron chi connectivity index (χ2n) is 20.1. The fraction of sp³-hybridized carbons (Fsp3) is 0.323. The number of nitrogens with two attached hydrogens (primary N) is 1. The maximum atomic E-state index is 13.7. The number of carboxylic acid groups (broad SMARTS) is 1. The number of benzene rings is 6. The highest BCUT2D eigenvalue weighted by Gasteiger charge is 2.32. The monoisotopic (exact) mass is 1150 g/mol. The third-order valence-electron chi connectivity index (χ3n) is 14.3. The van der Waals surface area contributed by atoms with E-state index in [2.05, 4.69) is 15.2 Å². The number of ether oxygens (including phenoxy) is 4. The summed E-state index contributed by atoms with van der Waals surface area (Å²) in [4.78, 5) is 48.3. The highest BCUT2D eigenvalue weighted by Crippen LogP contribution is 2.35. The molecule has 1 amide bonds. The van der Waals surface area contributed by atoms with Crippen LogP contribution in [0.3, 0.4) is 0 Å². The first-order chi connectivity index (χ1) is 39.6. The van der Waals surface area contributed by atoms with Crippen LogP contribution in [-0.4, -0.2) is 75.9 Å². The van der Waals surface area contributed by atoms with Crippen LogP contribution in [-0.2, 0) is 44.1 Å². The number of carbonyl (C=O) groups excluding carboxylic acids is 3. The van der Waals surface area contributed by atoms with Gasteiger partial charge in [-0.3, -0.25) is 4.79 Å². The van der Waals surface area contributed by atoms with Crippen LogP contribution < -0.4 is 11.1 Å². The molecule has 0 bridgehead atoms. The van der Waals surface area contributed by atoms with E-state index in [0.717, 1.165) is 85.0 Å². The molecular formula is C62H62F6N6O9. The third kappa shape index (κ3) is 14.8. The molecule has 436 valence electrons. The Bertz CT molecular complexity index is 3530. The number of rotatable bonds is 13. The van der Waals surface area contributed by atoms with Crippen molar-refractivity contribution in [3.63, 3.8) is 0 Å². The molecule has 2 unspecified atom stereocenters. The van der Waals surface area contributed by atoms with Gasteiger partial charge >= 0.3 is 30.3 Å². The summed E-state index contributed by atoms with van der Waals surface area (Å²) < 4.78 is 102. The molecule has 10 rings (SSSR count). The number of nitrogens with one attached hydrogen (secondary N) is 1. The number of nitrogens with zero attached hydrogens (tertiary/aromatic N) is 4. The molecule has 4 heterocycles. The summed E-state index contributed by atoms with van der Waals surface area (Å²) in [7, 11) is 2.68. The molecule has 2 aliphatic rings. The van der Waals surface area contributed by atoms with Crippen molar-refractivity contribution >= 4 is 45.6 Å². The summed E-state index contributed by atoms with van der Waals surface area (Å²) in [5.41, 5.74) is 11.3. The van der Waals surface area contributed by atoms with Crippen LogP contribution in [0, 0.1) is 0 Å². The number of carbonyl (C=O) groups is 4. The predicted octanol–water partition coefficient (Wildman–Crippen LogP) is 13.2. The Morgan fingerprint density at radius 1 is 0.602 bits per heavy atom. The minimum atomic E-state index is -4.42. The summed E-state index contributed by atoms with van der Waals surface area (Å²) >= 11 is 0. The minimum absolute atomic E-state index is 0.00769. The minimum Gasteiger partial charge on any atom is -0.476 e. The average Bonchev–Trinajstić information content (AvgIpc) is 4.22. The third-order valence-corrected chi connectivity index (χ3v) is 14.3. The molecule has 4 N–H and O–H groups in total. The van der Waals surface area contributed by atoms with Gasteiger partial charge in [-0.2, -0.15) is 36.5 Å². The summed E-state index contributed by atoms with van der Waals surface area (Å²) in [5, 5.41) is 22.8. The molecule has 21 heteroatoms. The standard InChI is InChI=1S/C31H30F3N3O4.C21H19F3N2O3.C10H13NO2/c1-19(21-11-13-22(14-12-21)30(39)40-2)35-29(38)28-27-23(18-20-9-15-24(16-10-20)31(32,33)34)6-5-7-25(27)37(36-28)26-8-3-4-17-41-26;22-21(23,24)15-9-7-13(8-10-15)12-14-4-3-5-16-18(14)19(20(27)28)25-26(16)17-6-1-2-11-29-17;1-7(11)8-3-5-9(6-4-8)10(12)13-2/h5-7,9-16,19,26H,3-4,8,17-18H2,1-2H3,(H,35,38);3-5,7-10,17H,1-2,6,11-12H2,(H,27,28);3-7H,11H2,1-2H3/t19-,26?;;7-/m0.0/s1. The number of fused-ring (bicyclic) bond motifs is 2. The average molecular weight is 1150 g/mol. The molecule has 2 aliphatic heterocycles. The van der Waals surface area contributed by atoms with E-state index < -0.39 is 47.4 Å². The van der Waals surface area contributed by atoms with Crippen LogP contribution in [0.2, 0.25) is 0 Å². The summed E-state index contributed by atoms with van der Waals surface area (Å²) in [6, 6.07) is 34.4. The van der Waals surface area contributed by atoms with Gasteiger partial charge in [-0.05, 0) is 159 Å². The zero-order chi connectivity index (χ0) is 59.6. The topological polar surface area (TPSA) is 199 Å². The molecule has 8 aromatic rings. The number of esters is 2. The highest BCUT2D eigenvalue weighted by molar-refractivity contribution is 6.06. The van der Waals surface area contributed by atoms with Crippen molar-refractivity contribution in [1.82, 2.24) is 24.9 Å². The molecule has 15 nitrogen and oxygen atoms in total. The molecule has 2 saturated heterocycles. The highest BCUT2D eigenvalue weighted by atomic mass is 19.4. The van der Waals surface area contributed by atoms with Gasteiger partial charge in [0.15, 0.2) is 23.8 Å². The first kappa shape index (κ1) is 60.7. The van der Waals surface area contributed by atoms with Gasteiger partial charge in [-0.25, -0.2) is 23.7 Å². The Labute approximate surface area is 474 Å². The van der Waals surface area contributed by atoms with Crippen LogP contribution in [0.15, 0.2) is 133 Å². The molecule has 6 aromatic carbocycles. The van der Waals surface area contributed by atoms with Gasteiger partial charge in [0, 0.05) is 30.0 Å². The van der Waals surface area contributed by atoms with Gasteiger partial charge in [-0.15, -0.1) is 0 Å². The van der Waals surface area contributed by atoms with Crippen molar-refractivity contribution in [2.45, 2.75) is 102 Å². The number of methoxy groups -OCH3 is 2. The molecule has 4 atom stereocenters. The van der Waals surface area contributed by atoms with E-state index in [4.69, 9.17) is 25.0 Å². The van der Waals surface area contributed by atoms with E-state index in [0.29, 0.717) is 70.2 Å². The molecule has 2 aromatic heterocycles. The van der Waals surface area contributed by atoms with Gasteiger partial charge in [0.05, 0.1) is 53.5 Å². The van der Waals surface area contributed by atoms with E-state index >= 15 is 0 Å². The molecule has 2 fully saturated rings. The van der Waals surface area contributed by atoms with E-state index in [1.807, 2.05) is 44.2 Å². The smallest absolute Gasteiger partial charge is 0.416 e. The van der Waals surface area contributed by atoms with Gasteiger partial charge in [0.2, 0.25) is 0 Å². The Hall–Kier alpha value is -8.40. The summed E-state index contributed by atoms with van der Waals surface area (Å²) in [5.74, 6) is -2.31. The normalized spacial score (nSPS) is 16.1. The van der Waals surface area contributed by atoms with Crippen LogP contribution >= 0.6 is 0 Å². The molecule has 0 radical (unpaired) electrons. The zero-order valence-corrected chi connectivity index (χ0v) is 45.9. The van der Waals surface area contributed by atoms with Crippen LogP contribution in [0.25, 0.3) is 21.8 Å². The van der Waals surface area contributed by atoms with Gasteiger partial charge in [0.25, 0.3) is 5.91 Å². The largest absolute Gasteiger partial charge is 0.476 e.